The van der Waals surface area contributed by atoms with Crippen LogP contribution < -0.4 is 14.9 Å². The molecule has 0 radical (unpaired) electrons. The van der Waals surface area contributed by atoms with Gasteiger partial charge < -0.3 is 9.47 Å². The average Bonchev–Trinajstić information content (AvgIpc) is 2.67. The molecule has 0 saturated heterocycles. The molecule has 0 aliphatic heterocycles. The molecule has 4 nitrogen and oxygen atoms in total. The minimum atomic E-state index is -6.49. The summed E-state index contributed by atoms with van der Waals surface area (Å²) in [6.45, 7) is -0.177. The van der Waals surface area contributed by atoms with Gasteiger partial charge in [-0.2, -0.15) is 35.8 Å². The first kappa shape index (κ1) is 24.7. The van der Waals surface area contributed by atoms with Crippen molar-refractivity contribution in [2.45, 2.75) is 24.8 Å². The number of alkyl halides is 7. The molecule has 170 valence electrons. The highest BCUT2D eigenvalue weighted by atomic mass is 79.9. The van der Waals surface area contributed by atoms with Crippen molar-refractivity contribution in [3.05, 3.63) is 57.8 Å². The number of hydrogen-bond donors (Lipinski definition) is 1. The lowest BCUT2D eigenvalue weighted by atomic mass is 10.2. The zero-order chi connectivity index (χ0) is 23.4. The summed E-state index contributed by atoms with van der Waals surface area (Å²) in [6.07, 6.45) is -5.91. The number of hydrogen-bond acceptors (Lipinski definition) is 4. The Labute approximate surface area is 179 Å². The molecule has 0 spiro atoms. The van der Waals surface area contributed by atoms with E-state index in [2.05, 4.69) is 21.0 Å². The molecule has 0 aliphatic carbocycles. The molecule has 0 fully saturated rings. The third-order valence-electron chi connectivity index (χ3n) is 3.78. The largest absolute Gasteiger partial charge is 0.493 e. The van der Waals surface area contributed by atoms with Crippen LogP contribution in [0, 0.1) is 5.82 Å². The molecule has 0 atom stereocenters. The molecule has 0 amide bonds. The maximum absolute atomic E-state index is 13.7. The summed E-state index contributed by atoms with van der Waals surface area (Å²) < 4.78 is 113. The van der Waals surface area contributed by atoms with Crippen LogP contribution in [0.3, 0.4) is 0 Å². The lowest BCUT2D eigenvalue weighted by Gasteiger charge is -2.27. The van der Waals surface area contributed by atoms with Crippen LogP contribution in [0.4, 0.5) is 35.1 Å². The van der Waals surface area contributed by atoms with E-state index in [-0.39, 0.29) is 33.7 Å². The van der Waals surface area contributed by atoms with Crippen molar-refractivity contribution in [1.29, 1.82) is 0 Å². The summed E-state index contributed by atoms with van der Waals surface area (Å²) in [5.74, 6) is -6.71. The standard InChI is InChI=1S/C18H13BrF8N2O2/c1-30-14-6-11(8-28-29-18(26,27)16(21,22)17(23,24)25)12(19)7-15(14)31-9-10-4-2-3-5-13(10)20/h2-8,29H,9H2,1H3/b28-8+. The van der Waals surface area contributed by atoms with Gasteiger partial charge in [0.1, 0.15) is 12.4 Å². The normalized spacial score (nSPS) is 12.8. The Morgan fingerprint density at radius 2 is 1.68 bits per heavy atom. The van der Waals surface area contributed by atoms with E-state index in [0.29, 0.717) is 11.6 Å². The fourth-order valence-corrected chi connectivity index (χ4v) is 2.55. The maximum Gasteiger partial charge on any atom is 0.462 e. The van der Waals surface area contributed by atoms with Crippen LogP contribution in [0.5, 0.6) is 11.5 Å². The minimum absolute atomic E-state index is 0.0197. The molecule has 31 heavy (non-hydrogen) atoms. The van der Waals surface area contributed by atoms with E-state index in [0.717, 1.165) is 0 Å². The molecular formula is C18H13BrF8N2O2. The molecular weight excluding hydrogens is 508 g/mol. The van der Waals surface area contributed by atoms with Crippen molar-refractivity contribution in [1.82, 2.24) is 5.43 Å². The Bertz CT molecular complexity index is 951. The Morgan fingerprint density at radius 3 is 2.26 bits per heavy atom. The summed E-state index contributed by atoms with van der Waals surface area (Å²) in [5, 5.41) is 2.78. The lowest BCUT2D eigenvalue weighted by Crippen LogP contribution is -2.58. The second-order valence-corrected chi connectivity index (χ2v) is 6.78. The van der Waals surface area contributed by atoms with Crippen LogP contribution in [0.1, 0.15) is 11.1 Å². The third-order valence-corrected chi connectivity index (χ3v) is 4.47. The number of hydrazone groups is 1. The van der Waals surface area contributed by atoms with Crippen LogP contribution in [-0.2, 0) is 6.61 Å². The van der Waals surface area contributed by atoms with Crippen molar-refractivity contribution in [2.24, 2.45) is 5.10 Å². The topological polar surface area (TPSA) is 42.8 Å². The lowest BCUT2D eigenvalue weighted by molar-refractivity contribution is -0.361. The van der Waals surface area contributed by atoms with Gasteiger partial charge in [0.05, 0.1) is 13.3 Å². The van der Waals surface area contributed by atoms with Crippen molar-refractivity contribution in [2.75, 3.05) is 7.11 Å². The van der Waals surface area contributed by atoms with E-state index in [4.69, 9.17) is 9.47 Å². The Balaban J connectivity index is 2.18. The van der Waals surface area contributed by atoms with E-state index >= 15 is 0 Å². The molecule has 2 rings (SSSR count). The smallest absolute Gasteiger partial charge is 0.462 e. The number of benzene rings is 2. The Morgan fingerprint density at radius 1 is 1.03 bits per heavy atom. The number of ether oxygens (including phenoxy) is 2. The zero-order valence-electron chi connectivity index (χ0n) is 15.4. The van der Waals surface area contributed by atoms with Gasteiger partial charge in [0.25, 0.3) is 0 Å². The zero-order valence-corrected chi connectivity index (χ0v) is 17.0. The highest BCUT2D eigenvalue weighted by molar-refractivity contribution is 9.10. The number of methoxy groups -OCH3 is 1. The van der Waals surface area contributed by atoms with Gasteiger partial charge in [-0.05, 0) is 34.1 Å². The number of rotatable bonds is 8. The highest BCUT2D eigenvalue weighted by Crippen LogP contribution is 2.45. The van der Waals surface area contributed by atoms with Crippen LogP contribution >= 0.6 is 15.9 Å². The van der Waals surface area contributed by atoms with Gasteiger partial charge in [-0.15, -0.1) is 0 Å². The maximum atomic E-state index is 13.7. The first-order valence-corrected chi connectivity index (χ1v) is 8.96. The highest BCUT2D eigenvalue weighted by Gasteiger charge is 2.73. The van der Waals surface area contributed by atoms with Crippen LogP contribution in [0.15, 0.2) is 46.0 Å². The van der Waals surface area contributed by atoms with Gasteiger partial charge in [0.15, 0.2) is 11.5 Å². The van der Waals surface area contributed by atoms with Gasteiger partial charge in [0, 0.05) is 15.6 Å². The van der Waals surface area contributed by atoms with Crippen molar-refractivity contribution in [3.63, 3.8) is 0 Å². The molecule has 2 aromatic carbocycles. The quantitative estimate of drug-likeness (QED) is 0.204. The van der Waals surface area contributed by atoms with Crippen molar-refractivity contribution in [3.8, 4) is 11.5 Å². The molecule has 0 heterocycles. The van der Waals surface area contributed by atoms with E-state index in [1.54, 1.807) is 6.07 Å². The second-order valence-electron chi connectivity index (χ2n) is 5.92. The third kappa shape index (κ3) is 5.57. The summed E-state index contributed by atoms with van der Waals surface area (Å²) in [6, 6.07) is 2.60. The Hall–Kier alpha value is -2.57. The SMILES string of the molecule is COc1cc(/C=N/NC(F)(F)C(F)(F)C(F)(F)F)c(Br)cc1OCc1ccccc1F. The molecule has 0 bridgehead atoms. The molecule has 0 aromatic heterocycles. The van der Waals surface area contributed by atoms with Crippen molar-refractivity contribution >= 4 is 22.1 Å². The molecule has 13 heteroatoms. The summed E-state index contributed by atoms with van der Waals surface area (Å²) in [7, 11) is 1.23. The van der Waals surface area contributed by atoms with Gasteiger partial charge in [0.2, 0.25) is 0 Å². The number of nitrogens with one attached hydrogen (secondary N) is 1. The van der Waals surface area contributed by atoms with Gasteiger partial charge in [-0.1, -0.05) is 18.2 Å². The van der Waals surface area contributed by atoms with Crippen LogP contribution in [-0.4, -0.2) is 31.5 Å². The van der Waals surface area contributed by atoms with Crippen LogP contribution in [0.2, 0.25) is 0 Å². The predicted octanol–water partition coefficient (Wildman–Crippen LogP) is 5.89. The summed E-state index contributed by atoms with van der Waals surface area (Å²) in [5.41, 5.74) is 0.738. The molecule has 0 saturated carbocycles. The monoisotopic (exact) mass is 520 g/mol. The summed E-state index contributed by atoms with van der Waals surface area (Å²) in [4.78, 5) is 0. The average molecular weight is 521 g/mol. The minimum Gasteiger partial charge on any atom is -0.493 e. The second kappa shape index (κ2) is 9.28. The van der Waals surface area contributed by atoms with Crippen molar-refractivity contribution < 1.29 is 44.6 Å². The van der Waals surface area contributed by atoms with E-state index in [9.17, 15) is 35.1 Å². The van der Waals surface area contributed by atoms with Gasteiger partial charge >= 0.3 is 18.1 Å². The first-order valence-electron chi connectivity index (χ1n) is 8.16. The Kier molecular flexibility index (Phi) is 7.40. The summed E-state index contributed by atoms with van der Waals surface area (Å²) >= 11 is 3.06. The molecule has 2 aromatic rings. The molecule has 1 N–H and O–H groups in total. The fraction of sp³-hybridized carbons (Fsp3) is 0.278. The fourth-order valence-electron chi connectivity index (χ4n) is 2.12. The molecule has 0 aliphatic rings. The first-order chi connectivity index (χ1) is 14.3. The predicted molar refractivity (Wildman–Crippen MR) is 98.1 cm³/mol. The van der Waals surface area contributed by atoms with E-state index in [1.165, 1.54) is 37.4 Å². The molecule has 0 unspecified atom stereocenters. The van der Waals surface area contributed by atoms with E-state index in [1.807, 2.05) is 0 Å². The van der Waals surface area contributed by atoms with Gasteiger partial charge in [-0.25, -0.2) is 9.82 Å². The van der Waals surface area contributed by atoms with Crippen LogP contribution in [0.25, 0.3) is 0 Å². The van der Waals surface area contributed by atoms with E-state index < -0.39 is 24.0 Å². The number of halogens is 9. The van der Waals surface area contributed by atoms with Gasteiger partial charge in [-0.3, -0.25) is 0 Å². The number of nitrogens with zero attached hydrogens (tertiary/aromatic N) is 1.